The van der Waals surface area contributed by atoms with Crippen LogP contribution < -0.4 is 14.8 Å². The molecule has 0 saturated carbocycles. The molecule has 1 heterocycles. The number of amides is 2. The van der Waals surface area contributed by atoms with Crippen LogP contribution in [-0.4, -0.2) is 78.3 Å². The molecule has 0 aromatic heterocycles. The fourth-order valence-electron chi connectivity index (χ4n) is 4.77. The number of rotatable bonds is 12. The van der Waals surface area contributed by atoms with E-state index in [0.717, 1.165) is 0 Å². The number of ether oxygens (including phenoxy) is 2. The number of fused-ring (bicyclic) bond motifs is 3. The summed E-state index contributed by atoms with van der Waals surface area (Å²) >= 11 is 0. The maximum atomic E-state index is 13.3. The topological polar surface area (TPSA) is 125 Å². The standard InChI is InChI=1S/C27H36N2O7/c1-5-6-7-22(32)29(10-8-16(2)3)20-14-19(27(34)28-9-11-30)23-18-12-17(15-31)13-21(35-4)25(18)36-26(23)24(20)33/h5,12-16,20,23-24,26,30,33H,1,6-11H2,2-4H3,(H,28,34)/t20-,23+,24+,26+/m1/s1. The Morgan fingerprint density at radius 1 is 1.33 bits per heavy atom. The quantitative estimate of drug-likeness (QED) is 0.296. The molecular weight excluding hydrogens is 464 g/mol. The summed E-state index contributed by atoms with van der Waals surface area (Å²) in [6.45, 7) is 8.00. The SMILES string of the molecule is C=CCCC(=O)N(CCC(C)C)[C@@H]1C=C(C(=O)NCCO)[C@@H]2c3cc(C=O)cc(OC)c3O[C@@H]2[C@H]1O. The Morgan fingerprint density at radius 3 is 2.69 bits per heavy atom. The number of hydrogen-bond donors (Lipinski definition) is 3. The number of aliphatic hydroxyl groups is 2. The van der Waals surface area contributed by atoms with Crippen LogP contribution in [0, 0.1) is 5.92 Å². The summed E-state index contributed by atoms with van der Waals surface area (Å²) in [4.78, 5) is 39.6. The summed E-state index contributed by atoms with van der Waals surface area (Å²) < 4.78 is 11.6. The lowest BCUT2D eigenvalue weighted by Crippen LogP contribution is -2.56. The zero-order chi connectivity index (χ0) is 26.4. The first-order chi connectivity index (χ1) is 17.3. The predicted octanol–water partition coefficient (Wildman–Crippen LogP) is 1.97. The van der Waals surface area contributed by atoms with Crippen molar-refractivity contribution in [2.75, 3.05) is 26.8 Å². The second-order valence-corrected chi connectivity index (χ2v) is 9.50. The number of benzene rings is 1. The Balaban J connectivity index is 2.10. The van der Waals surface area contributed by atoms with Crippen LogP contribution >= 0.6 is 0 Å². The van der Waals surface area contributed by atoms with E-state index in [0.29, 0.717) is 59.8 Å². The van der Waals surface area contributed by atoms with Gasteiger partial charge in [0.15, 0.2) is 11.5 Å². The number of aliphatic hydroxyl groups excluding tert-OH is 2. The minimum atomic E-state index is -1.14. The summed E-state index contributed by atoms with van der Waals surface area (Å²) in [5.41, 5.74) is 1.20. The highest BCUT2D eigenvalue weighted by atomic mass is 16.5. The van der Waals surface area contributed by atoms with Gasteiger partial charge in [-0.1, -0.05) is 19.9 Å². The van der Waals surface area contributed by atoms with Crippen molar-refractivity contribution in [1.29, 1.82) is 0 Å². The van der Waals surface area contributed by atoms with Gasteiger partial charge in [-0.15, -0.1) is 6.58 Å². The van der Waals surface area contributed by atoms with Crippen LogP contribution in [0.2, 0.25) is 0 Å². The van der Waals surface area contributed by atoms with Crippen molar-refractivity contribution in [3.8, 4) is 11.5 Å². The molecule has 1 aromatic rings. The van der Waals surface area contributed by atoms with E-state index in [2.05, 4.69) is 25.7 Å². The maximum Gasteiger partial charge on any atom is 0.247 e. The summed E-state index contributed by atoms with van der Waals surface area (Å²) in [5.74, 6) is -0.283. The molecule has 0 radical (unpaired) electrons. The van der Waals surface area contributed by atoms with Gasteiger partial charge in [-0.3, -0.25) is 14.4 Å². The van der Waals surface area contributed by atoms with Gasteiger partial charge in [0.2, 0.25) is 11.8 Å². The third-order valence-electron chi connectivity index (χ3n) is 6.60. The normalized spacial score (nSPS) is 22.1. The molecule has 3 N–H and O–H groups in total. The predicted molar refractivity (Wildman–Crippen MR) is 134 cm³/mol. The van der Waals surface area contributed by atoms with E-state index in [-0.39, 0.29) is 25.5 Å². The molecule has 0 bridgehead atoms. The van der Waals surface area contributed by atoms with Crippen molar-refractivity contribution in [1.82, 2.24) is 10.2 Å². The number of nitrogens with zero attached hydrogens (tertiary/aromatic N) is 1. The first-order valence-corrected chi connectivity index (χ1v) is 12.3. The van der Waals surface area contributed by atoms with Crippen molar-refractivity contribution in [3.05, 3.63) is 47.6 Å². The minimum Gasteiger partial charge on any atom is -0.493 e. The van der Waals surface area contributed by atoms with Crippen molar-refractivity contribution < 1.29 is 34.1 Å². The highest BCUT2D eigenvalue weighted by molar-refractivity contribution is 5.96. The Bertz CT molecular complexity index is 1020. The van der Waals surface area contributed by atoms with Crippen LogP contribution in [0.4, 0.5) is 0 Å². The maximum absolute atomic E-state index is 13.3. The van der Waals surface area contributed by atoms with Crippen molar-refractivity contribution >= 4 is 18.1 Å². The van der Waals surface area contributed by atoms with Crippen molar-refractivity contribution in [3.63, 3.8) is 0 Å². The van der Waals surface area contributed by atoms with Crippen molar-refractivity contribution in [2.45, 2.75) is 57.3 Å². The smallest absolute Gasteiger partial charge is 0.247 e. The summed E-state index contributed by atoms with van der Waals surface area (Å²) in [5, 5.41) is 23.4. The van der Waals surface area contributed by atoms with Gasteiger partial charge in [-0.25, -0.2) is 0 Å². The first-order valence-electron chi connectivity index (χ1n) is 12.3. The molecular formula is C27H36N2O7. The number of aldehydes is 1. The molecule has 2 aliphatic rings. The second kappa shape index (κ2) is 12.2. The highest BCUT2D eigenvalue weighted by Gasteiger charge is 2.51. The molecule has 196 valence electrons. The molecule has 9 nitrogen and oxygen atoms in total. The van der Waals surface area contributed by atoms with E-state index < -0.39 is 30.1 Å². The molecule has 36 heavy (non-hydrogen) atoms. The van der Waals surface area contributed by atoms with Crippen molar-refractivity contribution in [2.24, 2.45) is 5.92 Å². The average molecular weight is 501 g/mol. The fourth-order valence-corrected chi connectivity index (χ4v) is 4.77. The summed E-state index contributed by atoms with van der Waals surface area (Å²) in [7, 11) is 1.45. The lowest BCUT2D eigenvalue weighted by atomic mass is 9.77. The van der Waals surface area contributed by atoms with Crippen LogP contribution in [0.3, 0.4) is 0 Å². The zero-order valence-corrected chi connectivity index (χ0v) is 21.1. The average Bonchev–Trinajstić information content (AvgIpc) is 3.26. The van der Waals surface area contributed by atoms with E-state index in [9.17, 15) is 24.6 Å². The van der Waals surface area contributed by atoms with Gasteiger partial charge in [0, 0.05) is 36.2 Å². The van der Waals surface area contributed by atoms with E-state index in [1.54, 1.807) is 23.1 Å². The van der Waals surface area contributed by atoms with Gasteiger partial charge < -0.3 is 29.9 Å². The Hall–Kier alpha value is -3.17. The molecule has 9 heteroatoms. The first kappa shape index (κ1) is 27.4. The van der Waals surface area contributed by atoms with Gasteiger partial charge in [0.1, 0.15) is 18.5 Å². The second-order valence-electron chi connectivity index (χ2n) is 9.50. The molecule has 1 aliphatic carbocycles. The van der Waals surface area contributed by atoms with Crippen LogP contribution in [0.25, 0.3) is 0 Å². The third-order valence-corrected chi connectivity index (χ3v) is 6.60. The van der Waals surface area contributed by atoms with E-state index >= 15 is 0 Å². The molecule has 2 amide bonds. The molecule has 3 rings (SSSR count). The van der Waals surface area contributed by atoms with Gasteiger partial charge in [-0.2, -0.15) is 0 Å². The molecule has 0 spiro atoms. The van der Waals surface area contributed by atoms with E-state index in [4.69, 9.17) is 9.47 Å². The third kappa shape index (κ3) is 5.63. The molecule has 4 atom stereocenters. The summed E-state index contributed by atoms with van der Waals surface area (Å²) in [6.07, 6.45) is 3.40. The van der Waals surface area contributed by atoms with Crippen LogP contribution in [0.15, 0.2) is 36.4 Å². The van der Waals surface area contributed by atoms with E-state index in [1.165, 1.54) is 13.2 Å². The van der Waals surface area contributed by atoms with Crippen LogP contribution in [0.1, 0.15) is 54.9 Å². The van der Waals surface area contributed by atoms with Gasteiger partial charge in [0.25, 0.3) is 0 Å². The Kier molecular flexibility index (Phi) is 9.28. The highest BCUT2D eigenvalue weighted by Crippen LogP contribution is 2.51. The molecule has 0 saturated heterocycles. The number of carbonyl (C=O) groups is 3. The molecule has 0 fully saturated rings. The molecule has 0 unspecified atom stereocenters. The number of nitrogens with one attached hydrogen (secondary N) is 1. The fraction of sp³-hybridized carbons (Fsp3) is 0.519. The molecule has 1 aromatic carbocycles. The largest absolute Gasteiger partial charge is 0.493 e. The van der Waals surface area contributed by atoms with Gasteiger partial charge in [0.05, 0.1) is 25.7 Å². The lowest BCUT2D eigenvalue weighted by Gasteiger charge is -2.41. The molecule has 1 aliphatic heterocycles. The number of carbonyl (C=O) groups excluding carboxylic acids is 3. The van der Waals surface area contributed by atoms with Gasteiger partial charge >= 0.3 is 0 Å². The van der Waals surface area contributed by atoms with Crippen LogP contribution in [-0.2, 0) is 9.59 Å². The number of hydrogen-bond acceptors (Lipinski definition) is 7. The van der Waals surface area contributed by atoms with Gasteiger partial charge in [-0.05, 0) is 37.0 Å². The minimum absolute atomic E-state index is 0.0432. The Labute approximate surface area is 211 Å². The lowest BCUT2D eigenvalue weighted by molar-refractivity contribution is -0.137. The monoisotopic (exact) mass is 500 g/mol. The number of allylic oxidation sites excluding steroid dienone is 1. The van der Waals surface area contributed by atoms with Crippen LogP contribution in [0.5, 0.6) is 11.5 Å². The Morgan fingerprint density at radius 2 is 2.08 bits per heavy atom. The number of methoxy groups -OCH3 is 1. The zero-order valence-electron chi connectivity index (χ0n) is 21.1. The summed E-state index contributed by atoms with van der Waals surface area (Å²) in [6, 6.07) is 2.36. The van der Waals surface area contributed by atoms with E-state index in [1.807, 2.05) is 0 Å².